The fraction of sp³-hybridized carbons (Fsp3) is 0.263. The molecule has 2 N–H and O–H groups in total. The molecule has 0 aliphatic carbocycles. The quantitative estimate of drug-likeness (QED) is 0.742. The number of carbonyl (C=O) groups excluding carboxylic acids is 1. The molecule has 1 amide bonds. The van der Waals surface area contributed by atoms with Gasteiger partial charge in [0.15, 0.2) is 0 Å². The summed E-state index contributed by atoms with van der Waals surface area (Å²) in [5, 5.41) is 2.79. The molecule has 0 bridgehead atoms. The summed E-state index contributed by atoms with van der Waals surface area (Å²) >= 11 is 1.54. The van der Waals surface area contributed by atoms with E-state index in [1.54, 1.807) is 17.5 Å². The molecule has 0 atom stereocenters. The third kappa shape index (κ3) is 2.99. The maximum absolute atomic E-state index is 12.1. The number of thiazole rings is 1. The highest BCUT2D eigenvalue weighted by atomic mass is 32.1. The minimum absolute atomic E-state index is 0.383. The molecular weight excluding hydrogens is 318 g/mol. The zero-order valence-corrected chi connectivity index (χ0v) is 14.8. The summed E-state index contributed by atoms with van der Waals surface area (Å²) in [7, 11) is 0. The number of hydrogen-bond donors (Lipinski definition) is 1. The molecule has 0 unspecified atom stereocenters. The van der Waals surface area contributed by atoms with Crippen LogP contribution in [-0.4, -0.2) is 15.5 Å². The number of rotatable bonds is 6. The van der Waals surface area contributed by atoms with E-state index in [0.717, 1.165) is 41.3 Å². The van der Waals surface area contributed by atoms with E-state index in [2.05, 4.69) is 40.7 Å². The zero-order chi connectivity index (χ0) is 17.1. The number of carbonyl (C=O) groups is 1. The van der Waals surface area contributed by atoms with E-state index >= 15 is 0 Å². The fourth-order valence-corrected chi connectivity index (χ4v) is 3.94. The van der Waals surface area contributed by atoms with Crippen LogP contribution in [0.1, 0.15) is 34.2 Å². The Morgan fingerprint density at radius 2 is 2.04 bits per heavy atom. The topological polar surface area (TPSA) is 60.9 Å². The van der Waals surface area contributed by atoms with E-state index in [1.165, 1.54) is 5.56 Å². The largest absolute Gasteiger partial charge is 0.366 e. The smallest absolute Gasteiger partial charge is 0.251 e. The van der Waals surface area contributed by atoms with Crippen molar-refractivity contribution < 1.29 is 4.79 Å². The second-order valence-electron chi connectivity index (χ2n) is 5.72. The van der Waals surface area contributed by atoms with E-state index in [9.17, 15) is 4.79 Å². The fourth-order valence-electron chi connectivity index (χ4n) is 3.23. The van der Waals surface area contributed by atoms with Crippen LogP contribution in [0.2, 0.25) is 0 Å². The van der Waals surface area contributed by atoms with E-state index < -0.39 is 0 Å². The van der Waals surface area contributed by atoms with E-state index in [-0.39, 0.29) is 5.91 Å². The highest BCUT2D eigenvalue weighted by Gasteiger charge is 2.25. The van der Waals surface area contributed by atoms with Crippen LogP contribution in [0.4, 0.5) is 0 Å². The van der Waals surface area contributed by atoms with Gasteiger partial charge in [0.2, 0.25) is 0 Å². The van der Waals surface area contributed by atoms with Crippen LogP contribution in [0.25, 0.3) is 10.6 Å². The Balaban J connectivity index is 2.06. The van der Waals surface area contributed by atoms with Gasteiger partial charge in [-0.15, -0.1) is 11.3 Å². The van der Waals surface area contributed by atoms with Gasteiger partial charge in [-0.3, -0.25) is 4.79 Å². The lowest BCUT2D eigenvalue weighted by Crippen LogP contribution is -2.13. The standard InChI is InChI=1S/C19H21N3OS/c1-3-15-17(19-21-10-12-24-19)16(18(20)23)13(2)22(15)11-9-14-7-5-4-6-8-14/h4-8,10,12H,3,9,11H2,1-2H3,(H2,20,23). The molecule has 0 spiro atoms. The molecule has 0 saturated carbocycles. The first-order chi connectivity index (χ1) is 11.6. The number of aryl methyl sites for hydroxylation is 1. The molecule has 5 heteroatoms. The molecule has 0 aliphatic rings. The maximum Gasteiger partial charge on any atom is 0.251 e. The number of amides is 1. The molecule has 2 aromatic heterocycles. The van der Waals surface area contributed by atoms with Crippen molar-refractivity contribution in [1.82, 2.24) is 9.55 Å². The average Bonchev–Trinajstić information content (AvgIpc) is 3.19. The average molecular weight is 339 g/mol. The van der Waals surface area contributed by atoms with Crippen molar-refractivity contribution in [2.45, 2.75) is 33.2 Å². The normalized spacial score (nSPS) is 10.9. The van der Waals surface area contributed by atoms with Gasteiger partial charge in [0.25, 0.3) is 5.91 Å². The van der Waals surface area contributed by atoms with E-state index in [0.29, 0.717) is 5.56 Å². The van der Waals surface area contributed by atoms with Crippen LogP contribution in [0.5, 0.6) is 0 Å². The summed E-state index contributed by atoms with van der Waals surface area (Å²) in [6.45, 7) is 4.90. The predicted molar refractivity (Wildman–Crippen MR) is 98.3 cm³/mol. The number of aromatic nitrogens is 2. The molecule has 2 heterocycles. The van der Waals surface area contributed by atoms with Gasteiger partial charge >= 0.3 is 0 Å². The van der Waals surface area contributed by atoms with E-state index in [4.69, 9.17) is 5.73 Å². The number of nitrogens with two attached hydrogens (primary N) is 1. The summed E-state index contributed by atoms with van der Waals surface area (Å²) in [5.74, 6) is -0.383. The lowest BCUT2D eigenvalue weighted by Gasteiger charge is -2.11. The molecule has 0 radical (unpaired) electrons. The Hall–Kier alpha value is -2.40. The predicted octanol–water partition coefficient (Wildman–Crippen LogP) is 3.82. The Labute approximate surface area is 146 Å². The molecule has 3 rings (SSSR count). The Morgan fingerprint density at radius 1 is 1.29 bits per heavy atom. The van der Waals surface area contributed by atoms with Crippen LogP contribution in [-0.2, 0) is 19.4 Å². The van der Waals surface area contributed by atoms with Gasteiger partial charge in [0.1, 0.15) is 5.01 Å². The number of nitrogens with zero attached hydrogens (tertiary/aromatic N) is 2. The summed E-state index contributed by atoms with van der Waals surface area (Å²) in [6.07, 6.45) is 3.51. The Morgan fingerprint density at radius 3 is 2.62 bits per heavy atom. The lowest BCUT2D eigenvalue weighted by atomic mass is 10.1. The van der Waals surface area contributed by atoms with Crippen LogP contribution < -0.4 is 5.73 Å². The first-order valence-electron chi connectivity index (χ1n) is 8.09. The third-order valence-electron chi connectivity index (χ3n) is 4.33. The molecule has 4 nitrogen and oxygen atoms in total. The van der Waals surface area contributed by atoms with Gasteiger partial charge < -0.3 is 10.3 Å². The van der Waals surface area contributed by atoms with Crippen LogP contribution in [0.3, 0.4) is 0 Å². The van der Waals surface area contributed by atoms with E-state index in [1.807, 2.05) is 18.4 Å². The molecule has 0 fully saturated rings. The molecule has 124 valence electrons. The van der Waals surface area contributed by atoms with Gasteiger partial charge in [-0.1, -0.05) is 37.3 Å². The van der Waals surface area contributed by atoms with Gasteiger partial charge in [0.05, 0.1) is 5.56 Å². The summed E-state index contributed by atoms with van der Waals surface area (Å²) in [5.41, 5.74) is 10.5. The highest BCUT2D eigenvalue weighted by molar-refractivity contribution is 7.13. The van der Waals surface area contributed by atoms with Crippen LogP contribution in [0, 0.1) is 6.92 Å². The van der Waals surface area contributed by atoms with Crippen molar-refractivity contribution in [2.75, 3.05) is 0 Å². The second kappa shape index (κ2) is 7.01. The lowest BCUT2D eigenvalue weighted by molar-refractivity contribution is 0.1000. The first-order valence-corrected chi connectivity index (χ1v) is 8.97. The van der Waals surface area contributed by atoms with Crippen molar-refractivity contribution in [3.05, 3.63) is 64.4 Å². The number of primary amides is 1. The highest BCUT2D eigenvalue weighted by Crippen LogP contribution is 2.34. The Kier molecular flexibility index (Phi) is 4.81. The minimum atomic E-state index is -0.383. The van der Waals surface area contributed by atoms with Crippen LogP contribution in [0.15, 0.2) is 41.9 Å². The summed E-state index contributed by atoms with van der Waals surface area (Å²) in [6, 6.07) is 10.4. The second-order valence-corrected chi connectivity index (χ2v) is 6.62. The summed E-state index contributed by atoms with van der Waals surface area (Å²) < 4.78 is 2.23. The zero-order valence-electron chi connectivity index (χ0n) is 14.0. The third-order valence-corrected chi connectivity index (χ3v) is 5.12. The molecule has 1 aromatic carbocycles. The van der Waals surface area contributed by atoms with Gasteiger partial charge in [0, 0.05) is 35.1 Å². The molecule has 24 heavy (non-hydrogen) atoms. The molecule has 0 aliphatic heterocycles. The molecule has 3 aromatic rings. The number of hydrogen-bond acceptors (Lipinski definition) is 3. The maximum atomic E-state index is 12.1. The number of benzene rings is 1. The Bertz CT molecular complexity index is 835. The van der Waals surface area contributed by atoms with Crippen LogP contribution >= 0.6 is 11.3 Å². The van der Waals surface area contributed by atoms with Crippen molar-refractivity contribution in [3.8, 4) is 10.6 Å². The van der Waals surface area contributed by atoms with Gasteiger partial charge in [-0.25, -0.2) is 4.98 Å². The molecule has 0 saturated heterocycles. The molecular formula is C19H21N3OS. The summed E-state index contributed by atoms with van der Waals surface area (Å²) in [4.78, 5) is 16.5. The van der Waals surface area contributed by atoms with Crippen molar-refractivity contribution >= 4 is 17.2 Å². The minimum Gasteiger partial charge on any atom is -0.366 e. The first kappa shape index (κ1) is 16.5. The monoisotopic (exact) mass is 339 g/mol. The van der Waals surface area contributed by atoms with Crippen molar-refractivity contribution in [1.29, 1.82) is 0 Å². The van der Waals surface area contributed by atoms with Gasteiger partial charge in [-0.05, 0) is 25.3 Å². The van der Waals surface area contributed by atoms with Gasteiger partial charge in [-0.2, -0.15) is 0 Å². The van der Waals surface area contributed by atoms with Crippen molar-refractivity contribution in [3.63, 3.8) is 0 Å². The SMILES string of the molecule is CCc1c(-c2nccs2)c(C(N)=O)c(C)n1CCc1ccccc1. The van der Waals surface area contributed by atoms with Crippen molar-refractivity contribution in [2.24, 2.45) is 5.73 Å².